The fraction of sp³-hybridized carbons (Fsp3) is 0.435. The highest BCUT2D eigenvalue weighted by Gasteiger charge is 2.49. The second kappa shape index (κ2) is 8.06. The van der Waals surface area contributed by atoms with E-state index in [0.29, 0.717) is 41.6 Å². The lowest BCUT2D eigenvalue weighted by atomic mass is 10.0. The van der Waals surface area contributed by atoms with Crippen LogP contribution in [0.4, 0.5) is 26.6 Å². The van der Waals surface area contributed by atoms with Crippen LogP contribution < -0.4 is 20.4 Å². The van der Waals surface area contributed by atoms with Crippen molar-refractivity contribution >= 4 is 35.1 Å². The van der Waals surface area contributed by atoms with Gasteiger partial charge in [0.25, 0.3) is 0 Å². The number of carbonyl (C=O) groups is 1. The molecule has 174 valence electrons. The molecule has 1 saturated carbocycles. The molecule has 3 aliphatic rings. The molecule has 2 fully saturated rings. The second-order valence-corrected chi connectivity index (χ2v) is 9.67. The smallest absolute Gasteiger partial charge is 0.325 e. The summed E-state index contributed by atoms with van der Waals surface area (Å²) in [5, 5.41) is 7.31. The molecule has 1 aromatic carbocycles. The molecular formula is C23H27ClFN7O. The minimum Gasteiger partial charge on any atom is -0.368 e. The fourth-order valence-corrected chi connectivity index (χ4v) is 4.62. The Morgan fingerprint density at radius 3 is 2.82 bits per heavy atom. The first-order valence-corrected chi connectivity index (χ1v) is 11.5. The molecule has 2 amide bonds. The quantitative estimate of drug-likeness (QED) is 0.662. The molecular weight excluding hydrogens is 445 g/mol. The highest BCUT2D eigenvalue weighted by molar-refractivity contribution is 6.30. The van der Waals surface area contributed by atoms with E-state index in [1.165, 1.54) is 12.1 Å². The molecule has 1 aromatic heterocycles. The van der Waals surface area contributed by atoms with E-state index in [1.807, 2.05) is 18.1 Å². The molecule has 1 atom stereocenters. The first-order chi connectivity index (χ1) is 15.8. The first kappa shape index (κ1) is 21.8. The van der Waals surface area contributed by atoms with Crippen LogP contribution in [0.15, 0.2) is 42.4 Å². The maximum Gasteiger partial charge on any atom is 0.325 e. The lowest BCUT2D eigenvalue weighted by Gasteiger charge is -2.25. The van der Waals surface area contributed by atoms with Gasteiger partial charge in [0.2, 0.25) is 5.95 Å². The Morgan fingerprint density at radius 2 is 2.09 bits per heavy atom. The van der Waals surface area contributed by atoms with E-state index in [4.69, 9.17) is 11.6 Å². The Kier molecular flexibility index (Phi) is 5.31. The van der Waals surface area contributed by atoms with Crippen molar-refractivity contribution in [3.05, 3.63) is 53.2 Å². The minimum atomic E-state index is -0.342. The van der Waals surface area contributed by atoms with Crippen molar-refractivity contribution in [2.24, 2.45) is 5.92 Å². The lowest BCUT2D eigenvalue weighted by Crippen LogP contribution is -2.38. The Bertz CT molecular complexity index is 1120. The van der Waals surface area contributed by atoms with Crippen molar-refractivity contribution in [1.82, 2.24) is 20.2 Å². The van der Waals surface area contributed by atoms with Gasteiger partial charge < -0.3 is 20.4 Å². The van der Waals surface area contributed by atoms with Crippen LogP contribution in [0.3, 0.4) is 0 Å². The van der Waals surface area contributed by atoms with Crippen molar-refractivity contribution in [1.29, 1.82) is 0 Å². The topological polar surface area (TPSA) is 76.6 Å². The third-order valence-corrected chi connectivity index (χ3v) is 6.78. The van der Waals surface area contributed by atoms with E-state index in [1.54, 1.807) is 28.1 Å². The third-order valence-electron chi connectivity index (χ3n) is 6.54. The van der Waals surface area contributed by atoms with Gasteiger partial charge >= 0.3 is 6.03 Å². The Labute approximate surface area is 197 Å². The zero-order chi connectivity index (χ0) is 23.3. The molecule has 0 radical (unpaired) electrons. The summed E-state index contributed by atoms with van der Waals surface area (Å²) in [4.78, 5) is 27.1. The van der Waals surface area contributed by atoms with Crippen molar-refractivity contribution in [3.63, 3.8) is 0 Å². The molecule has 0 spiro atoms. The molecule has 0 unspecified atom stereocenters. The van der Waals surface area contributed by atoms with E-state index in [9.17, 15) is 9.18 Å². The van der Waals surface area contributed by atoms with Gasteiger partial charge in [0.1, 0.15) is 11.6 Å². The number of nitrogens with zero attached hydrogens (tertiary/aromatic N) is 5. The number of benzene rings is 1. The summed E-state index contributed by atoms with van der Waals surface area (Å²) < 4.78 is 14.3. The number of aromatic nitrogens is 2. The number of likely N-dealkylation sites (N-methyl/N-ethyl adjacent to an activating group) is 1. The van der Waals surface area contributed by atoms with E-state index >= 15 is 0 Å². The maximum atomic E-state index is 14.3. The van der Waals surface area contributed by atoms with Crippen LogP contribution in [0.25, 0.3) is 0 Å². The molecule has 3 heterocycles. The number of amides is 2. The van der Waals surface area contributed by atoms with Crippen molar-refractivity contribution in [2.75, 3.05) is 35.4 Å². The number of anilines is 3. The Hall–Kier alpha value is -3.07. The predicted molar refractivity (Wildman–Crippen MR) is 127 cm³/mol. The van der Waals surface area contributed by atoms with E-state index in [-0.39, 0.29) is 23.4 Å². The van der Waals surface area contributed by atoms with Gasteiger partial charge in [-0.1, -0.05) is 25.4 Å². The number of rotatable bonds is 6. The average Bonchev–Trinajstić information content (AvgIpc) is 3.25. The molecule has 8 nitrogen and oxygen atoms in total. The number of hydrogen-bond donors (Lipinski definition) is 2. The van der Waals surface area contributed by atoms with E-state index in [2.05, 4.69) is 34.4 Å². The van der Waals surface area contributed by atoms with Crippen LogP contribution in [0.2, 0.25) is 5.02 Å². The third kappa shape index (κ3) is 3.94. The van der Waals surface area contributed by atoms with Crippen molar-refractivity contribution < 1.29 is 9.18 Å². The number of hydrogen-bond acceptors (Lipinski definition) is 6. The van der Waals surface area contributed by atoms with Gasteiger partial charge in [-0.2, -0.15) is 4.98 Å². The van der Waals surface area contributed by atoms with Gasteiger partial charge in [-0.05, 0) is 43.0 Å². The lowest BCUT2D eigenvalue weighted by molar-refractivity contribution is 0.229. The predicted octanol–water partition coefficient (Wildman–Crippen LogP) is 4.02. The minimum absolute atomic E-state index is 0.0560. The van der Waals surface area contributed by atoms with Gasteiger partial charge in [-0.25, -0.2) is 14.2 Å². The standard InChI is InChI=1S/C23H27ClFN7O/c1-14(2)18-11-30(3)22(33)32(18)20-6-9-26-21(28-20)29-23(7-8-23)19-12-31(13-27-19)17-10-15(24)4-5-16(17)25/h4-6,9-10,12,14,18,27H,7-8,11,13H2,1-3H3,(H,26,28,29)/t18-/m1/s1. The van der Waals surface area contributed by atoms with Gasteiger partial charge in [0.05, 0.1) is 29.6 Å². The van der Waals surface area contributed by atoms with E-state index in [0.717, 1.165) is 18.5 Å². The van der Waals surface area contributed by atoms with E-state index < -0.39 is 0 Å². The van der Waals surface area contributed by atoms with Gasteiger partial charge in [-0.3, -0.25) is 4.90 Å². The Balaban J connectivity index is 1.37. The molecule has 2 aliphatic heterocycles. The van der Waals surface area contributed by atoms with Crippen LogP contribution in [-0.4, -0.2) is 52.7 Å². The normalized spacial score (nSPS) is 21.5. The number of urea groups is 1. The second-order valence-electron chi connectivity index (χ2n) is 9.23. The van der Waals surface area contributed by atoms with Gasteiger partial charge in [0, 0.05) is 31.0 Å². The van der Waals surface area contributed by atoms with Crippen LogP contribution in [0.5, 0.6) is 0 Å². The van der Waals surface area contributed by atoms with Crippen molar-refractivity contribution in [3.8, 4) is 0 Å². The summed E-state index contributed by atoms with van der Waals surface area (Å²) in [5.74, 6) is 1.02. The summed E-state index contributed by atoms with van der Waals surface area (Å²) in [7, 11) is 1.81. The summed E-state index contributed by atoms with van der Waals surface area (Å²) in [5.41, 5.74) is 1.04. The van der Waals surface area contributed by atoms with Crippen LogP contribution in [0.1, 0.15) is 26.7 Å². The molecule has 5 rings (SSSR count). The molecule has 1 aliphatic carbocycles. The molecule has 0 bridgehead atoms. The molecule has 33 heavy (non-hydrogen) atoms. The first-order valence-electron chi connectivity index (χ1n) is 11.1. The van der Waals surface area contributed by atoms with Gasteiger partial charge in [0.15, 0.2) is 0 Å². The zero-order valence-electron chi connectivity index (χ0n) is 18.8. The van der Waals surface area contributed by atoms with Crippen molar-refractivity contribution in [2.45, 2.75) is 38.3 Å². The fourth-order valence-electron chi connectivity index (χ4n) is 4.46. The molecule has 2 N–H and O–H groups in total. The monoisotopic (exact) mass is 471 g/mol. The number of nitrogens with one attached hydrogen (secondary N) is 2. The number of carbonyl (C=O) groups excluding carboxylic acids is 1. The average molecular weight is 472 g/mol. The SMILES string of the molecule is CC(C)[C@H]1CN(C)C(=O)N1c1ccnc(NC2(C3=CN(c4cc(Cl)ccc4F)CN3)CC2)n1. The zero-order valence-corrected chi connectivity index (χ0v) is 19.6. The van der Waals surface area contributed by atoms with Crippen LogP contribution in [-0.2, 0) is 0 Å². The summed E-state index contributed by atoms with van der Waals surface area (Å²) in [6.07, 6.45) is 5.37. The largest absolute Gasteiger partial charge is 0.368 e. The maximum absolute atomic E-state index is 14.3. The van der Waals surface area contributed by atoms with Crippen LogP contribution in [0, 0.1) is 11.7 Å². The Morgan fingerprint density at radius 1 is 1.30 bits per heavy atom. The number of halogens is 2. The molecule has 1 saturated heterocycles. The highest BCUT2D eigenvalue weighted by Crippen LogP contribution is 2.45. The molecule has 10 heteroatoms. The summed E-state index contributed by atoms with van der Waals surface area (Å²) in [6, 6.07) is 6.30. The molecule has 2 aromatic rings. The summed E-state index contributed by atoms with van der Waals surface area (Å²) in [6.45, 7) is 5.33. The van der Waals surface area contributed by atoms with Crippen LogP contribution >= 0.6 is 11.6 Å². The van der Waals surface area contributed by atoms with Gasteiger partial charge in [-0.15, -0.1) is 0 Å². The highest BCUT2D eigenvalue weighted by atomic mass is 35.5. The summed E-state index contributed by atoms with van der Waals surface area (Å²) >= 11 is 6.06.